The summed E-state index contributed by atoms with van der Waals surface area (Å²) >= 11 is 0. The van der Waals surface area contributed by atoms with Gasteiger partial charge in [0.25, 0.3) is 0 Å². The zero-order chi connectivity index (χ0) is 17.0. The number of hydrogen-bond acceptors (Lipinski definition) is 2. The Labute approximate surface area is 146 Å². The molecule has 0 saturated carbocycles. The normalized spacial score (nSPS) is 25.9. The van der Waals surface area contributed by atoms with Crippen LogP contribution in [0.5, 0.6) is 0 Å². The molecule has 1 heterocycles. The third kappa shape index (κ3) is 1.70. The lowest BCUT2D eigenvalue weighted by atomic mass is 9.49. The quantitative estimate of drug-likeness (QED) is 0.785. The van der Waals surface area contributed by atoms with Crippen LogP contribution in [-0.2, 0) is 10.2 Å². The van der Waals surface area contributed by atoms with Gasteiger partial charge in [0.05, 0.1) is 17.0 Å². The highest BCUT2D eigenvalue weighted by Crippen LogP contribution is 2.61. The molecule has 0 radical (unpaired) electrons. The van der Waals surface area contributed by atoms with Gasteiger partial charge in [0, 0.05) is 12.1 Å². The molecular formula is C22H18N2O. The molecule has 1 amide bonds. The summed E-state index contributed by atoms with van der Waals surface area (Å²) in [5.74, 6) is -0.327. The van der Waals surface area contributed by atoms with Crippen molar-refractivity contribution in [2.24, 2.45) is 11.7 Å². The number of primary amides is 1. The van der Waals surface area contributed by atoms with Crippen molar-refractivity contribution in [2.45, 2.75) is 17.8 Å². The minimum atomic E-state index is -0.602. The lowest BCUT2D eigenvalue weighted by molar-refractivity contribution is -0.124. The number of benzene rings is 2. The van der Waals surface area contributed by atoms with Crippen LogP contribution in [0.25, 0.3) is 0 Å². The first-order chi connectivity index (χ1) is 12.2. The maximum Gasteiger partial charge on any atom is 0.222 e. The van der Waals surface area contributed by atoms with Crippen LogP contribution in [0.4, 0.5) is 0 Å². The Bertz CT molecular complexity index is 933. The number of aromatic nitrogens is 1. The van der Waals surface area contributed by atoms with Gasteiger partial charge in [-0.25, -0.2) is 0 Å². The fourth-order valence-electron chi connectivity index (χ4n) is 5.05. The van der Waals surface area contributed by atoms with E-state index in [-0.39, 0.29) is 17.7 Å². The summed E-state index contributed by atoms with van der Waals surface area (Å²) in [6, 6.07) is 22.8. The molecule has 2 bridgehead atoms. The molecule has 1 unspecified atom stereocenters. The third-order valence-electron chi connectivity index (χ3n) is 5.93. The van der Waals surface area contributed by atoms with Crippen molar-refractivity contribution in [3.05, 3.63) is 101 Å². The van der Waals surface area contributed by atoms with E-state index in [1.807, 2.05) is 30.3 Å². The highest BCUT2D eigenvalue weighted by atomic mass is 16.1. The van der Waals surface area contributed by atoms with Crippen LogP contribution in [0, 0.1) is 5.92 Å². The van der Waals surface area contributed by atoms with Crippen LogP contribution in [0.3, 0.4) is 0 Å². The summed E-state index contributed by atoms with van der Waals surface area (Å²) in [5.41, 5.74) is 11.2. The van der Waals surface area contributed by atoms with Gasteiger partial charge in [-0.2, -0.15) is 0 Å². The van der Waals surface area contributed by atoms with Crippen molar-refractivity contribution in [3.63, 3.8) is 0 Å². The second kappa shape index (κ2) is 5.03. The fraction of sp³-hybridized carbons (Fsp3) is 0.182. The van der Waals surface area contributed by atoms with Crippen LogP contribution in [0.2, 0.25) is 0 Å². The molecule has 0 fully saturated rings. The number of pyridine rings is 1. The number of nitrogens with zero attached hydrogens (tertiary/aromatic N) is 1. The smallest absolute Gasteiger partial charge is 0.222 e. The summed E-state index contributed by atoms with van der Waals surface area (Å²) in [6.07, 6.45) is 2.54. The topological polar surface area (TPSA) is 56.0 Å². The molecule has 3 aliphatic carbocycles. The summed E-state index contributed by atoms with van der Waals surface area (Å²) in [4.78, 5) is 17.2. The van der Waals surface area contributed by atoms with Gasteiger partial charge in [-0.05, 0) is 40.8 Å². The zero-order valence-electron chi connectivity index (χ0n) is 13.7. The van der Waals surface area contributed by atoms with Gasteiger partial charge in [-0.15, -0.1) is 0 Å². The van der Waals surface area contributed by atoms with Crippen molar-refractivity contribution in [1.82, 2.24) is 4.98 Å². The van der Waals surface area contributed by atoms with E-state index in [9.17, 15) is 4.79 Å². The van der Waals surface area contributed by atoms with Crippen LogP contribution in [0.1, 0.15) is 40.3 Å². The second-order valence-corrected chi connectivity index (χ2v) is 6.94. The highest BCUT2D eigenvalue weighted by Gasteiger charge is 2.57. The number of carbonyl (C=O) groups excluding carboxylic acids is 1. The molecule has 25 heavy (non-hydrogen) atoms. The molecule has 2 aromatic carbocycles. The summed E-state index contributed by atoms with van der Waals surface area (Å²) in [5, 5.41) is 0. The van der Waals surface area contributed by atoms with Gasteiger partial charge < -0.3 is 5.73 Å². The predicted molar refractivity (Wildman–Crippen MR) is 96.1 cm³/mol. The largest absolute Gasteiger partial charge is 0.369 e. The molecule has 0 saturated heterocycles. The van der Waals surface area contributed by atoms with Crippen LogP contribution >= 0.6 is 0 Å². The van der Waals surface area contributed by atoms with E-state index in [4.69, 9.17) is 10.7 Å². The minimum Gasteiger partial charge on any atom is -0.369 e. The molecule has 122 valence electrons. The zero-order valence-corrected chi connectivity index (χ0v) is 13.7. The number of nitrogens with two attached hydrogens (primary N) is 1. The Balaban J connectivity index is 1.96. The average molecular weight is 326 g/mol. The Morgan fingerprint density at radius 1 is 0.920 bits per heavy atom. The number of amides is 1. The monoisotopic (exact) mass is 326 g/mol. The molecule has 3 aliphatic rings. The van der Waals surface area contributed by atoms with Gasteiger partial charge in [-0.3, -0.25) is 9.78 Å². The first kappa shape index (κ1) is 14.4. The number of rotatable bonds is 2. The minimum absolute atomic E-state index is 0.218. The standard InChI is InChI=1S/C22H18N2O/c23-21(25)19-13-16-14-7-1-3-9-17(14)22(19,20-11-5-6-12-24-20)18-10-4-2-8-15(16)18/h1-12,16,19H,13H2,(H2,23,25). The first-order valence-corrected chi connectivity index (χ1v) is 8.64. The van der Waals surface area contributed by atoms with E-state index in [2.05, 4.69) is 36.4 Å². The van der Waals surface area contributed by atoms with Gasteiger partial charge >= 0.3 is 0 Å². The summed E-state index contributed by atoms with van der Waals surface area (Å²) in [6.45, 7) is 0. The van der Waals surface area contributed by atoms with E-state index in [0.717, 1.165) is 12.1 Å². The Morgan fingerprint density at radius 2 is 1.52 bits per heavy atom. The molecule has 1 atom stereocenters. The lowest BCUT2D eigenvalue weighted by Gasteiger charge is -2.52. The predicted octanol–water partition coefficient (Wildman–Crippen LogP) is 3.37. The molecule has 3 nitrogen and oxygen atoms in total. The number of carbonyl (C=O) groups is 1. The maximum absolute atomic E-state index is 12.5. The summed E-state index contributed by atoms with van der Waals surface area (Å²) in [7, 11) is 0. The third-order valence-corrected chi connectivity index (χ3v) is 5.93. The van der Waals surface area contributed by atoms with E-state index in [1.54, 1.807) is 6.20 Å². The first-order valence-electron chi connectivity index (χ1n) is 8.64. The van der Waals surface area contributed by atoms with Crippen molar-refractivity contribution in [2.75, 3.05) is 0 Å². The fourth-order valence-corrected chi connectivity index (χ4v) is 5.05. The molecule has 0 aliphatic heterocycles. The second-order valence-electron chi connectivity index (χ2n) is 6.94. The van der Waals surface area contributed by atoms with Crippen LogP contribution in [-0.4, -0.2) is 10.9 Å². The lowest BCUT2D eigenvalue weighted by Crippen LogP contribution is -2.53. The van der Waals surface area contributed by atoms with E-state index < -0.39 is 5.41 Å². The van der Waals surface area contributed by atoms with E-state index in [1.165, 1.54) is 22.3 Å². The Morgan fingerprint density at radius 3 is 2.08 bits per heavy atom. The van der Waals surface area contributed by atoms with Gasteiger partial charge in [0.2, 0.25) is 5.91 Å². The molecule has 6 rings (SSSR count). The average Bonchev–Trinajstić information content (AvgIpc) is 2.68. The highest BCUT2D eigenvalue weighted by molar-refractivity contribution is 5.84. The van der Waals surface area contributed by atoms with Crippen LogP contribution < -0.4 is 5.73 Å². The molecule has 2 N–H and O–H groups in total. The van der Waals surface area contributed by atoms with Gasteiger partial charge in [-0.1, -0.05) is 54.6 Å². The molecule has 0 spiro atoms. The van der Waals surface area contributed by atoms with Crippen molar-refractivity contribution >= 4 is 5.91 Å². The van der Waals surface area contributed by atoms with Crippen LogP contribution in [0.15, 0.2) is 72.9 Å². The Hall–Kier alpha value is -2.94. The number of fused-ring (bicyclic) bond motifs is 1. The molecular weight excluding hydrogens is 308 g/mol. The molecule has 3 aromatic rings. The summed E-state index contributed by atoms with van der Waals surface area (Å²) < 4.78 is 0. The maximum atomic E-state index is 12.5. The molecule has 1 aromatic heterocycles. The van der Waals surface area contributed by atoms with E-state index in [0.29, 0.717) is 0 Å². The number of hydrogen-bond donors (Lipinski definition) is 1. The van der Waals surface area contributed by atoms with Crippen molar-refractivity contribution in [3.8, 4) is 0 Å². The van der Waals surface area contributed by atoms with Crippen molar-refractivity contribution in [1.29, 1.82) is 0 Å². The van der Waals surface area contributed by atoms with Crippen molar-refractivity contribution < 1.29 is 4.79 Å². The van der Waals surface area contributed by atoms with Gasteiger partial charge in [0.1, 0.15) is 0 Å². The Kier molecular flexibility index (Phi) is 2.90. The van der Waals surface area contributed by atoms with E-state index >= 15 is 0 Å². The molecule has 3 heteroatoms. The van der Waals surface area contributed by atoms with Gasteiger partial charge in [0.15, 0.2) is 0 Å². The SMILES string of the molecule is NC(=O)C1CC2c3ccccc3C1(c1ccccn1)c1ccccc12.